The molecule has 0 saturated carbocycles. The molecule has 4 nitrogen and oxygen atoms in total. The number of aromatic nitrogens is 3. The second kappa shape index (κ2) is 6.12. The zero-order valence-corrected chi connectivity index (χ0v) is 10.6. The lowest BCUT2D eigenvalue weighted by atomic mass is 10.4. The van der Waals surface area contributed by atoms with E-state index in [9.17, 15) is 0 Å². The van der Waals surface area contributed by atoms with Crippen LogP contribution in [0.5, 0.6) is 6.01 Å². The topological polar surface area (TPSA) is 47.9 Å². The molecule has 0 spiro atoms. The van der Waals surface area contributed by atoms with Crippen molar-refractivity contribution < 1.29 is 4.74 Å². The minimum Gasteiger partial charge on any atom is -0.464 e. The fourth-order valence-electron chi connectivity index (χ4n) is 0.824. The first-order valence-corrected chi connectivity index (χ1v) is 6.12. The van der Waals surface area contributed by atoms with E-state index in [2.05, 4.69) is 28.8 Å². The SMILES string of the molecule is CCOc1nc(Cl)nc(SC(C)CC)n1. The van der Waals surface area contributed by atoms with Crippen molar-refractivity contribution in [3.05, 3.63) is 5.28 Å². The lowest BCUT2D eigenvalue weighted by Crippen LogP contribution is -2.02. The monoisotopic (exact) mass is 247 g/mol. The van der Waals surface area contributed by atoms with Gasteiger partial charge in [0.2, 0.25) is 5.28 Å². The summed E-state index contributed by atoms with van der Waals surface area (Å²) in [6, 6.07) is 0.295. The zero-order valence-electron chi connectivity index (χ0n) is 9.03. The molecule has 0 radical (unpaired) electrons. The molecule has 0 bridgehead atoms. The molecule has 1 rings (SSSR count). The normalized spacial score (nSPS) is 12.5. The highest BCUT2D eigenvalue weighted by atomic mass is 35.5. The summed E-state index contributed by atoms with van der Waals surface area (Å²) in [5.41, 5.74) is 0. The summed E-state index contributed by atoms with van der Waals surface area (Å²) in [5, 5.41) is 1.25. The van der Waals surface area contributed by atoms with Crippen molar-refractivity contribution in [1.29, 1.82) is 0 Å². The Morgan fingerprint density at radius 2 is 2.07 bits per heavy atom. The van der Waals surface area contributed by atoms with E-state index in [0.29, 0.717) is 23.0 Å². The maximum Gasteiger partial charge on any atom is 0.321 e. The van der Waals surface area contributed by atoms with Crippen molar-refractivity contribution in [2.24, 2.45) is 0 Å². The zero-order chi connectivity index (χ0) is 11.3. The molecule has 0 aliphatic heterocycles. The molecule has 0 N–H and O–H groups in total. The van der Waals surface area contributed by atoms with Gasteiger partial charge in [-0.05, 0) is 24.9 Å². The summed E-state index contributed by atoms with van der Waals surface area (Å²) in [7, 11) is 0. The van der Waals surface area contributed by atoms with E-state index >= 15 is 0 Å². The average molecular weight is 248 g/mol. The van der Waals surface area contributed by atoms with Crippen molar-refractivity contribution in [3.63, 3.8) is 0 Å². The molecular formula is C9H14ClN3OS. The Labute approximate surface area is 98.8 Å². The van der Waals surface area contributed by atoms with Crippen LogP contribution in [0.1, 0.15) is 27.2 Å². The Morgan fingerprint density at radius 3 is 2.67 bits per heavy atom. The van der Waals surface area contributed by atoms with Gasteiger partial charge in [0.1, 0.15) is 0 Å². The van der Waals surface area contributed by atoms with Gasteiger partial charge in [0.05, 0.1) is 6.61 Å². The number of thioether (sulfide) groups is 1. The predicted octanol–water partition coefficient (Wildman–Crippen LogP) is 2.81. The third-order valence-corrected chi connectivity index (χ3v) is 3.02. The minimum absolute atomic E-state index is 0.180. The van der Waals surface area contributed by atoms with Crippen molar-refractivity contribution >= 4 is 23.4 Å². The fourth-order valence-corrected chi connectivity index (χ4v) is 1.82. The number of halogens is 1. The summed E-state index contributed by atoms with van der Waals surface area (Å²) in [5.74, 6) is 0. The standard InChI is InChI=1S/C9H14ClN3OS/c1-4-6(3)15-9-12-7(10)11-8(13-9)14-5-2/h6H,4-5H2,1-3H3. The van der Waals surface area contributed by atoms with Crippen LogP contribution in [0.3, 0.4) is 0 Å². The Kier molecular flexibility index (Phi) is 5.11. The third-order valence-electron chi connectivity index (χ3n) is 1.72. The van der Waals surface area contributed by atoms with E-state index in [1.165, 1.54) is 0 Å². The van der Waals surface area contributed by atoms with Crippen LogP contribution in [0.4, 0.5) is 0 Å². The summed E-state index contributed by atoms with van der Waals surface area (Å²) in [6.45, 7) is 6.62. The van der Waals surface area contributed by atoms with Crippen molar-refractivity contribution in [1.82, 2.24) is 15.0 Å². The molecule has 1 atom stereocenters. The predicted molar refractivity (Wildman–Crippen MR) is 61.6 cm³/mol. The quantitative estimate of drug-likeness (QED) is 0.749. The Balaban J connectivity index is 2.78. The van der Waals surface area contributed by atoms with Gasteiger partial charge in [-0.15, -0.1) is 0 Å². The highest BCUT2D eigenvalue weighted by Crippen LogP contribution is 2.23. The van der Waals surface area contributed by atoms with Gasteiger partial charge in [0.25, 0.3) is 0 Å². The van der Waals surface area contributed by atoms with E-state index in [-0.39, 0.29) is 5.28 Å². The molecule has 0 amide bonds. The van der Waals surface area contributed by atoms with E-state index < -0.39 is 0 Å². The Hall–Kier alpha value is -0.550. The number of nitrogens with zero attached hydrogens (tertiary/aromatic N) is 3. The molecule has 0 aliphatic rings. The van der Waals surface area contributed by atoms with Crippen LogP contribution < -0.4 is 4.74 Å². The minimum atomic E-state index is 0.180. The number of rotatable bonds is 5. The van der Waals surface area contributed by atoms with Gasteiger partial charge in [0.15, 0.2) is 5.16 Å². The van der Waals surface area contributed by atoms with Gasteiger partial charge < -0.3 is 4.74 Å². The van der Waals surface area contributed by atoms with Crippen LogP contribution >= 0.6 is 23.4 Å². The van der Waals surface area contributed by atoms with Crippen LogP contribution in [0.25, 0.3) is 0 Å². The van der Waals surface area contributed by atoms with Gasteiger partial charge in [-0.2, -0.15) is 15.0 Å². The molecule has 1 heterocycles. The number of hydrogen-bond acceptors (Lipinski definition) is 5. The molecule has 15 heavy (non-hydrogen) atoms. The van der Waals surface area contributed by atoms with Gasteiger partial charge in [-0.1, -0.05) is 25.6 Å². The van der Waals surface area contributed by atoms with Gasteiger partial charge in [0, 0.05) is 5.25 Å². The van der Waals surface area contributed by atoms with E-state index in [1.807, 2.05) is 6.92 Å². The van der Waals surface area contributed by atoms with Gasteiger partial charge in [-0.3, -0.25) is 0 Å². The van der Waals surface area contributed by atoms with E-state index in [0.717, 1.165) is 6.42 Å². The summed E-state index contributed by atoms with van der Waals surface area (Å²) in [4.78, 5) is 12.0. The number of ether oxygens (including phenoxy) is 1. The lowest BCUT2D eigenvalue weighted by Gasteiger charge is -2.07. The first kappa shape index (κ1) is 12.5. The first-order chi connectivity index (χ1) is 7.15. The molecular weight excluding hydrogens is 234 g/mol. The van der Waals surface area contributed by atoms with Gasteiger partial charge >= 0.3 is 6.01 Å². The maximum absolute atomic E-state index is 5.76. The fraction of sp³-hybridized carbons (Fsp3) is 0.667. The lowest BCUT2D eigenvalue weighted by molar-refractivity contribution is 0.307. The summed E-state index contributed by atoms with van der Waals surface area (Å²) >= 11 is 7.33. The molecule has 6 heteroatoms. The smallest absolute Gasteiger partial charge is 0.321 e. The highest BCUT2D eigenvalue weighted by Gasteiger charge is 2.09. The number of hydrogen-bond donors (Lipinski definition) is 0. The van der Waals surface area contributed by atoms with E-state index in [1.54, 1.807) is 11.8 Å². The van der Waals surface area contributed by atoms with Crippen molar-refractivity contribution in [3.8, 4) is 6.01 Å². The Morgan fingerprint density at radius 1 is 1.33 bits per heavy atom. The van der Waals surface area contributed by atoms with Gasteiger partial charge in [-0.25, -0.2) is 0 Å². The molecule has 0 saturated heterocycles. The van der Waals surface area contributed by atoms with Crippen LogP contribution in [-0.4, -0.2) is 26.8 Å². The summed E-state index contributed by atoms with van der Waals surface area (Å²) in [6.07, 6.45) is 1.05. The summed E-state index contributed by atoms with van der Waals surface area (Å²) < 4.78 is 5.18. The molecule has 1 aromatic heterocycles. The van der Waals surface area contributed by atoms with Crippen LogP contribution in [0.15, 0.2) is 5.16 Å². The molecule has 0 aromatic carbocycles. The Bertz CT molecular complexity index is 324. The molecule has 1 aromatic rings. The largest absolute Gasteiger partial charge is 0.464 e. The first-order valence-electron chi connectivity index (χ1n) is 4.86. The average Bonchev–Trinajstić information content (AvgIpc) is 2.17. The van der Waals surface area contributed by atoms with E-state index in [4.69, 9.17) is 16.3 Å². The molecule has 0 fully saturated rings. The van der Waals surface area contributed by atoms with Crippen LogP contribution in [-0.2, 0) is 0 Å². The molecule has 0 aliphatic carbocycles. The highest BCUT2D eigenvalue weighted by molar-refractivity contribution is 7.99. The van der Waals surface area contributed by atoms with Crippen LogP contribution in [0, 0.1) is 0 Å². The maximum atomic E-state index is 5.76. The second-order valence-corrected chi connectivity index (χ2v) is 4.68. The third kappa shape index (κ3) is 4.22. The molecule has 1 unspecified atom stereocenters. The van der Waals surface area contributed by atoms with Crippen LogP contribution in [0.2, 0.25) is 5.28 Å². The van der Waals surface area contributed by atoms with Crippen molar-refractivity contribution in [2.45, 2.75) is 37.6 Å². The van der Waals surface area contributed by atoms with Crippen molar-refractivity contribution in [2.75, 3.05) is 6.61 Å². The second-order valence-electron chi connectivity index (χ2n) is 2.94. The molecule has 84 valence electrons.